The van der Waals surface area contributed by atoms with Crippen molar-refractivity contribution in [3.63, 3.8) is 0 Å². The fourth-order valence-corrected chi connectivity index (χ4v) is 5.50. The molecular weight excluding hydrogens is 465 g/mol. The third-order valence-electron chi connectivity index (χ3n) is 6.88. The fourth-order valence-electron chi connectivity index (χ4n) is 5.50. The number of hydrogen-bond donors (Lipinski definition) is 2. The van der Waals surface area contributed by atoms with Gasteiger partial charge in [-0.1, -0.05) is 19.3 Å². The van der Waals surface area contributed by atoms with Gasteiger partial charge in [-0.15, -0.1) is 24.0 Å². The number of nitrogens with zero attached hydrogens (tertiary/aromatic N) is 3. The molecule has 28 heavy (non-hydrogen) atoms. The van der Waals surface area contributed by atoms with Gasteiger partial charge in [0.25, 0.3) is 0 Å². The topological polar surface area (TPSA) is 60.0 Å². The second-order valence-corrected chi connectivity index (χ2v) is 9.68. The maximum atomic E-state index is 12.0. The predicted molar refractivity (Wildman–Crippen MR) is 126 cm³/mol. The number of rotatable bonds is 7. The van der Waals surface area contributed by atoms with Crippen molar-refractivity contribution in [3.8, 4) is 0 Å². The lowest BCUT2D eigenvalue weighted by atomic mass is 9.85. The largest absolute Gasteiger partial charge is 0.356 e. The van der Waals surface area contributed by atoms with Crippen LogP contribution in [0, 0.1) is 17.3 Å². The first-order chi connectivity index (χ1) is 12.9. The van der Waals surface area contributed by atoms with Gasteiger partial charge in [0.2, 0.25) is 5.91 Å². The summed E-state index contributed by atoms with van der Waals surface area (Å²) in [5.74, 6) is 2.57. The normalized spacial score (nSPS) is 28.3. The Labute approximate surface area is 188 Å². The third kappa shape index (κ3) is 6.21. The number of halogens is 1. The summed E-state index contributed by atoms with van der Waals surface area (Å²) in [4.78, 5) is 20.6. The van der Waals surface area contributed by atoms with Gasteiger partial charge in [0.1, 0.15) is 6.54 Å². The molecule has 0 aromatic rings. The molecule has 0 aliphatic heterocycles. The van der Waals surface area contributed by atoms with Gasteiger partial charge in [-0.2, -0.15) is 0 Å². The van der Waals surface area contributed by atoms with Gasteiger partial charge in [0.15, 0.2) is 5.96 Å². The van der Waals surface area contributed by atoms with Crippen molar-refractivity contribution in [2.75, 3.05) is 47.8 Å². The van der Waals surface area contributed by atoms with Crippen LogP contribution in [0.5, 0.6) is 0 Å². The lowest BCUT2D eigenvalue weighted by Crippen LogP contribution is -2.50. The van der Waals surface area contributed by atoms with E-state index in [1.54, 1.807) is 19.0 Å². The Balaban J connectivity index is 0.00000280. The van der Waals surface area contributed by atoms with Gasteiger partial charge in [-0.25, -0.2) is 4.99 Å². The van der Waals surface area contributed by atoms with Crippen LogP contribution in [0.15, 0.2) is 4.99 Å². The monoisotopic (exact) mass is 505 g/mol. The number of guanidine groups is 1. The van der Waals surface area contributed by atoms with Gasteiger partial charge in [0.05, 0.1) is 0 Å². The average molecular weight is 505 g/mol. The lowest BCUT2D eigenvalue weighted by molar-refractivity contribution is -0.127. The molecule has 7 heteroatoms. The molecule has 0 spiro atoms. The van der Waals surface area contributed by atoms with Crippen LogP contribution in [0.25, 0.3) is 0 Å². The quantitative estimate of drug-likeness (QED) is 0.317. The van der Waals surface area contributed by atoms with Crippen LogP contribution < -0.4 is 10.6 Å². The number of carbonyl (C=O) groups is 1. The van der Waals surface area contributed by atoms with E-state index in [0.29, 0.717) is 11.5 Å². The molecule has 6 nitrogen and oxygen atoms in total. The van der Waals surface area contributed by atoms with Crippen LogP contribution in [0.3, 0.4) is 0 Å². The molecule has 2 N–H and O–H groups in total. The average Bonchev–Trinajstić information content (AvgIpc) is 3.33. The number of fused-ring (bicyclic) bond motifs is 2. The van der Waals surface area contributed by atoms with E-state index in [0.717, 1.165) is 30.9 Å². The van der Waals surface area contributed by atoms with E-state index in [2.05, 4.69) is 34.6 Å². The van der Waals surface area contributed by atoms with Crippen molar-refractivity contribution in [2.24, 2.45) is 22.2 Å². The number of likely N-dealkylation sites (N-methyl/N-ethyl adjacent to an activating group) is 1. The van der Waals surface area contributed by atoms with Crippen molar-refractivity contribution < 1.29 is 4.79 Å². The Morgan fingerprint density at radius 3 is 2.36 bits per heavy atom. The molecule has 3 aliphatic rings. The van der Waals surface area contributed by atoms with Gasteiger partial charge in [0, 0.05) is 38.6 Å². The highest BCUT2D eigenvalue weighted by Gasteiger charge is 2.40. The molecule has 162 valence electrons. The second kappa shape index (κ2) is 10.5. The Kier molecular flexibility index (Phi) is 8.85. The first-order valence-electron chi connectivity index (χ1n) is 10.8. The number of amides is 1. The van der Waals surface area contributed by atoms with Gasteiger partial charge in [-0.05, 0) is 58.0 Å². The molecule has 0 heterocycles. The maximum Gasteiger partial charge on any atom is 0.243 e. The van der Waals surface area contributed by atoms with Gasteiger partial charge >= 0.3 is 0 Å². The van der Waals surface area contributed by atoms with Gasteiger partial charge in [-0.3, -0.25) is 4.79 Å². The first-order valence-corrected chi connectivity index (χ1v) is 10.8. The molecule has 3 fully saturated rings. The number of nitrogens with one attached hydrogen (secondary N) is 2. The second-order valence-electron chi connectivity index (χ2n) is 9.68. The molecule has 1 amide bonds. The molecule has 0 aromatic heterocycles. The minimum absolute atomic E-state index is 0. The van der Waals surface area contributed by atoms with E-state index < -0.39 is 0 Å². The summed E-state index contributed by atoms with van der Waals surface area (Å²) in [5, 5.41) is 7.32. The van der Waals surface area contributed by atoms with Crippen molar-refractivity contribution in [1.82, 2.24) is 20.4 Å². The van der Waals surface area contributed by atoms with Crippen LogP contribution in [0.2, 0.25) is 0 Å². The van der Waals surface area contributed by atoms with E-state index in [9.17, 15) is 4.79 Å². The SMILES string of the molecule is CN(C)CC1(CNC(=NCC(=O)N(C)C)NC2CC3CCC2C3)CCCC1.I. The summed E-state index contributed by atoms with van der Waals surface area (Å²) < 4.78 is 0. The summed E-state index contributed by atoms with van der Waals surface area (Å²) in [6, 6.07) is 0.526. The minimum Gasteiger partial charge on any atom is -0.356 e. The summed E-state index contributed by atoms with van der Waals surface area (Å²) in [5.41, 5.74) is 0.326. The van der Waals surface area contributed by atoms with Crippen molar-refractivity contribution in [2.45, 2.75) is 57.4 Å². The summed E-state index contributed by atoms with van der Waals surface area (Å²) >= 11 is 0. The van der Waals surface area contributed by atoms with E-state index in [1.165, 1.54) is 51.4 Å². The Hall–Kier alpha value is -0.570. The highest BCUT2D eigenvalue weighted by Crippen LogP contribution is 2.44. The first kappa shape index (κ1) is 23.7. The molecule has 3 atom stereocenters. The van der Waals surface area contributed by atoms with Crippen LogP contribution in [-0.2, 0) is 4.79 Å². The summed E-state index contributed by atoms with van der Waals surface area (Å²) in [7, 11) is 7.91. The third-order valence-corrected chi connectivity index (χ3v) is 6.88. The predicted octanol–water partition coefficient (Wildman–Crippen LogP) is 2.54. The van der Waals surface area contributed by atoms with Crippen molar-refractivity contribution in [1.29, 1.82) is 0 Å². The minimum atomic E-state index is 0. The molecule has 0 saturated heterocycles. The smallest absolute Gasteiger partial charge is 0.243 e. The van der Waals surface area contributed by atoms with E-state index in [1.807, 2.05) is 0 Å². The van der Waals surface area contributed by atoms with E-state index in [4.69, 9.17) is 0 Å². The highest BCUT2D eigenvalue weighted by atomic mass is 127. The molecular formula is C21H40IN5O. The standard InChI is InChI=1S/C21H39N5O.HI/c1-25(2)15-21(9-5-6-10-21)14-23-20(22-13-19(27)26(3)4)24-18-12-16-7-8-17(18)11-16;/h16-18H,5-15H2,1-4H3,(H2,22,23,24);1H. The van der Waals surface area contributed by atoms with Crippen molar-refractivity contribution >= 4 is 35.8 Å². The number of aliphatic imine (C=N–C) groups is 1. The Morgan fingerprint density at radius 1 is 1.11 bits per heavy atom. The molecule has 3 aliphatic carbocycles. The molecule has 3 saturated carbocycles. The Bertz CT molecular complexity index is 545. The molecule has 2 bridgehead atoms. The molecule has 3 rings (SSSR count). The Morgan fingerprint density at radius 2 is 1.82 bits per heavy atom. The zero-order valence-electron chi connectivity index (χ0n) is 18.2. The summed E-state index contributed by atoms with van der Waals surface area (Å²) in [6.45, 7) is 2.26. The van der Waals surface area contributed by atoms with Crippen LogP contribution >= 0.6 is 24.0 Å². The zero-order chi connectivity index (χ0) is 19.4. The van der Waals surface area contributed by atoms with Crippen LogP contribution in [-0.4, -0.2) is 75.5 Å². The van der Waals surface area contributed by atoms with Crippen LogP contribution in [0.4, 0.5) is 0 Å². The van der Waals surface area contributed by atoms with E-state index in [-0.39, 0.29) is 36.4 Å². The fraction of sp³-hybridized carbons (Fsp3) is 0.905. The zero-order valence-corrected chi connectivity index (χ0v) is 20.5. The van der Waals surface area contributed by atoms with E-state index >= 15 is 0 Å². The van der Waals surface area contributed by atoms with Gasteiger partial charge < -0.3 is 20.4 Å². The number of hydrogen-bond acceptors (Lipinski definition) is 3. The van der Waals surface area contributed by atoms with Crippen LogP contribution in [0.1, 0.15) is 51.4 Å². The number of carbonyl (C=O) groups excluding carboxylic acids is 1. The summed E-state index contributed by atoms with van der Waals surface area (Å²) in [6.07, 6.45) is 10.6. The maximum absolute atomic E-state index is 12.0. The highest BCUT2D eigenvalue weighted by molar-refractivity contribution is 14.0. The molecule has 0 aromatic carbocycles. The molecule has 0 radical (unpaired) electrons. The molecule has 3 unspecified atom stereocenters. The lowest BCUT2D eigenvalue weighted by Gasteiger charge is -2.34. The van der Waals surface area contributed by atoms with Crippen molar-refractivity contribution in [3.05, 3.63) is 0 Å².